The van der Waals surface area contributed by atoms with E-state index in [0.29, 0.717) is 5.69 Å². The Bertz CT molecular complexity index is 823. The third-order valence-electron chi connectivity index (χ3n) is 5.56. The number of hydrogen-bond donors (Lipinski definition) is 0. The van der Waals surface area contributed by atoms with Crippen molar-refractivity contribution in [2.75, 3.05) is 18.0 Å². The Morgan fingerprint density at radius 1 is 0.720 bits per heavy atom. The number of carbonyl (C=O) groups excluding carboxylic acids is 2. The molecule has 0 N–H and O–H groups in total. The monoisotopic (exact) mass is 333 g/mol. The molecule has 5 nitrogen and oxygen atoms in total. The van der Waals surface area contributed by atoms with Crippen LogP contribution < -0.4 is 4.90 Å². The molecule has 2 amide bonds. The molecule has 25 heavy (non-hydrogen) atoms. The predicted octanol–water partition coefficient (Wildman–Crippen LogP) is 2.22. The molecule has 3 atom stereocenters. The van der Waals surface area contributed by atoms with Gasteiger partial charge in [-0.25, -0.2) is 14.9 Å². The number of fused-ring (bicyclic) bond motifs is 3. The van der Waals surface area contributed by atoms with Crippen LogP contribution in [0.4, 0.5) is 5.69 Å². The van der Waals surface area contributed by atoms with Crippen molar-refractivity contribution in [1.29, 1.82) is 0 Å². The molecule has 5 heteroatoms. The minimum atomic E-state index is -0.375. The van der Waals surface area contributed by atoms with Gasteiger partial charge in [0.25, 0.3) is 5.91 Å². The standard InChI is InChI=1S/C20H19N3O2/c24-19-16-17(14-8-3-1-4-9-14)21-12-7-13-22(21)18(16)20(25)23(19)15-10-5-2-6-11-15/h1-6,8-11,16-18H,7,12-13H2/t16-,17-,18+/m0/s1. The number of amides is 2. The summed E-state index contributed by atoms with van der Waals surface area (Å²) in [4.78, 5) is 27.8. The summed E-state index contributed by atoms with van der Waals surface area (Å²) in [6.07, 6.45) is 1.03. The first kappa shape index (κ1) is 14.8. The van der Waals surface area contributed by atoms with Gasteiger partial charge in [0.05, 0.1) is 17.6 Å². The van der Waals surface area contributed by atoms with Gasteiger partial charge in [-0.1, -0.05) is 48.5 Å². The van der Waals surface area contributed by atoms with E-state index in [1.54, 1.807) is 0 Å². The summed E-state index contributed by atoms with van der Waals surface area (Å²) in [6, 6.07) is 18.9. The average molecular weight is 333 g/mol. The molecule has 0 bridgehead atoms. The zero-order chi connectivity index (χ0) is 17.0. The van der Waals surface area contributed by atoms with Crippen LogP contribution in [-0.4, -0.2) is 41.0 Å². The second-order valence-corrected chi connectivity index (χ2v) is 6.85. The number of nitrogens with zero attached hydrogens (tertiary/aromatic N) is 3. The molecular formula is C20H19N3O2. The molecular weight excluding hydrogens is 314 g/mol. The fourth-order valence-corrected chi connectivity index (χ4v) is 4.60. The lowest BCUT2D eigenvalue weighted by Gasteiger charge is -2.29. The molecule has 0 aliphatic carbocycles. The van der Waals surface area contributed by atoms with Crippen LogP contribution in [0.1, 0.15) is 18.0 Å². The maximum Gasteiger partial charge on any atom is 0.253 e. The third-order valence-corrected chi connectivity index (χ3v) is 5.56. The fourth-order valence-electron chi connectivity index (χ4n) is 4.60. The van der Waals surface area contributed by atoms with Gasteiger partial charge in [-0.3, -0.25) is 9.59 Å². The molecule has 0 aromatic heterocycles. The van der Waals surface area contributed by atoms with Gasteiger partial charge in [-0.2, -0.15) is 0 Å². The minimum Gasteiger partial charge on any atom is -0.274 e. The van der Waals surface area contributed by atoms with Gasteiger partial charge >= 0.3 is 0 Å². The van der Waals surface area contributed by atoms with Crippen LogP contribution in [-0.2, 0) is 9.59 Å². The zero-order valence-corrected chi connectivity index (χ0v) is 13.8. The quantitative estimate of drug-likeness (QED) is 0.791. The highest BCUT2D eigenvalue weighted by Gasteiger charge is 2.62. The zero-order valence-electron chi connectivity index (χ0n) is 13.8. The Labute approximate surface area is 146 Å². The summed E-state index contributed by atoms with van der Waals surface area (Å²) in [7, 11) is 0. The summed E-state index contributed by atoms with van der Waals surface area (Å²) < 4.78 is 0. The van der Waals surface area contributed by atoms with Gasteiger partial charge in [0.1, 0.15) is 6.04 Å². The average Bonchev–Trinajstić information content (AvgIpc) is 3.29. The second-order valence-electron chi connectivity index (χ2n) is 6.85. The fraction of sp³-hybridized carbons (Fsp3) is 0.300. The van der Waals surface area contributed by atoms with Gasteiger partial charge in [0, 0.05) is 13.1 Å². The molecule has 126 valence electrons. The normalized spacial score (nSPS) is 29.3. The Hall–Kier alpha value is -2.50. The maximum atomic E-state index is 13.3. The van der Waals surface area contributed by atoms with E-state index in [1.807, 2.05) is 48.5 Å². The summed E-state index contributed by atoms with van der Waals surface area (Å²) >= 11 is 0. The molecule has 3 heterocycles. The Kier molecular flexibility index (Phi) is 3.26. The van der Waals surface area contributed by atoms with E-state index in [-0.39, 0.29) is 29.8 Å². The molecule has 3 aliphatic rings. The van der Waals surface area contributed by atoms with Crippen LogP contribution in [0, 0.1) is 5.92 Å². The van der Waals surface area contributed by atoms with Crippen LogP contribution in [0.25, 0.3) is 0 Å². The number of hydrazine groups is 1. The lowest BCUT2D eigenvalue weighted by atomic mass is 9.90. The van der Waals surface area contributed by atoms with Gasteiger partial charge in [-0.15, -0.1) is 0 Å². The number of rotatable bonds is 2. The molecule has 5 rings (SSSR count). The van der Waals surface area contributed by atoms with Crippen molar-refractivity contribution in [2.24, 2.45) is 5.92 Å². The van der Waals surface area contributed by atoms with Crippen LogP contribution >= 0.6 is 0 Å². The van der Waals surface area contributed by atoms with Crippen LogP contribution in [0.3, 0.4) is 0 Å². The number of anilines is 1. The SMILES string of the molecule is O=C1[C@@H]2[C@H](C(=O)N1c1ccccc1)N1CCCN1[C@H]2c1ccccc1. The maximum absolute atomic E-state index is 13.3. The van der Waals surface area contributed by atoms with E-state index in [9.17, 15) is 9.59 Å². The highest BCUT2D eigenvalue weighted by molar-refractivity contribution is 6.24. The summed E-state index contributed by atoms with van der Waals surface area (Å²) in [5.74, 6) is -0.508. The molecule has 0 unspecified atom stereocenters. The van der Waals surface area contributed by atoms with Gasteiger partial charge in [0.2, 0.25) is 5.91 Å². The summed E-state index contributed by atoms with van der Waals surface area (Å²) in [5, 5.41) is 4.37. The Morgan fingerprint density at radius 2 is 1.32 bits per heavy atom. The highest BCUT2D eigenvalue weighted by Crippen LogP contribution is 2.48. The first-order valence-electron chi connectivity index (χ1n) is 8.78. The Balaban J connectivity index is 1.60. The summed E-state index contributed by atoms with van der Waals surface area (Å²) in [5.41, 5.74) is 1.78. The number of para-hydroxylation sites is 1. The Morgan fingerprint density at radius 3 is 2.00 bits per heavy atom. The lowest BCUT2D eigenvalue weighted by Crippen LogP contribution is -2.44. The number of benzene rings is 2. The van der Waals surface area contributed by atoms with Crippen LogP contribution in [0.5, 0.6) is 0 Å². The van der Waals surface area contributed by atoms with E-state index < -0.39 is 0 Å². The first-order chi connectivity index (χ1) is 12.3. The van der Waals surface area contributed by atoms with Gasteiger partial charge < -0.3 is 0 Å². The topological polar surface area (TPSA) is 43.9 Å². The van der Waals surface area contributed by atoms with Crippen molar-refractivity contribution < 1.29 is 9.59 Å². The largest absolute Gasteiger partial charge is 0.274 e. The van der Waals surface area contributed by atoms with Crippen molar-refractivity contribution in [3.8, 4) is 0 Å². The van der Waals surface area contributed by atoms with Crippen LogP contribution in [0.2, 0.25) is 0 Å². The van der Waals surface area contributed by atoms with E-state index in [1.165, 1.54) is 4.90 Å². The molecule has 3 fully saturated rings. The molecule has 0 radical (unpaired) electrons. The van der Waals surface area contributed by atoms with E-state index in [2.05, 4.69) is 22.2 Å². The van der Waals surface area contributed by atoms with Crippen molar-refractivity contribution in [1.82, 2.24) is 10.0 Å². The number of imide groups is 1. The van der Waals surface area contributed by atoms with Crippen molar-refractivity contribution >= 4 is 17.5 Å². The van der Waals surface area contributed by atoms with Crippen molar-refractivity contribution in [3.05, 3.63) is 66.2 Å². The van der Waals surface area contributed by atoms with Gasteiger partial charge in [-0.05, 0) is 24.1 Å². The van der Waals surface area contributed by atoms with Crippen molar-refractivity contribution in [3.63, 3.8) is 0 Å². The van der Waals surface area contributed by atoms with Crippen LogP contribution in [0.15, 0.2) is 60.7 Å². The molecule has 2 aromatic rings. The predicted molar refractivity (Wildman–Crippen MR) is 93.4 cm³/mol. The van der Waals surface area contributed by atoms with Crippen molar-refractivity contribution in [2.45, 2.75) is 18.5 Å². The summed E-state index contributed by atoms with van der Waals surface area (Å²) in [6.45, 7) is 1.74. The molecule has 2 aromatic carbocycles. The molecule has 3 saturated heterocycles. The lowest BCUT2D eigenvalue weighted by molar-refractivity contribution is -0.126. The number of hydrogen-bond acceptors (Lipinski definition) is 4. The van der Waals surface area contributed by atoms with Gasteiger partial charge in [0.15, 0.2) is 0 Å². The van der Waals surface area contributed by atoms with E-state index >= 15 is 0 Å². The number of carbonyl (C=O) groups is 2. The third kappa shape index (κ3) is 2.03. The first-order valence-corrected chi connectivity index (χ1v) is 8.78. The smallest absolute Gasteiger partial charge is 0.253 e. The van der Waals surface area contributed by atoms with E-state index in [4.69, 9.17) is 0 Å². The second kappa shape index (κ2) is 5.51. The van der Waals surface area contributed by atoms with E-state index in [0.717, 1.165) is 25.1 Å². The molecule has 3 aliphatic heterocycles. The highest BCUT2D eigenvalue weighted by atomic mass is 16.2. The molecule has 0 spiro atoms. The minimum absolute atomic E-state index is 0.0566. The molecule has 0 saturated carbocycles.